The maximum atomic E-state index is 11.4. The third kappa shape index (κ3) is 3.86. The molecule has 0 saturated heterocycles. The Morgan fingerprint density at radius 1 is 1.10 bits per heavy atom. The SMILES string of the molecule is Cc1cnc(-c2ccc(-n3nnc4cnc(C[C@@H]5CC[C@@H](C(N)=O)C5)nc43)cc2)nc1. The minimum atomic E-state index is -0.208. The predicted molar refractivity (Wildman–Crippen MR) is 114 cm³/mol. The molecule has 3 aromatic heterocycles. The van der Waals surface area contributed by atoms with Gasteiger partial charge in [0.1, 0.15) is 5.82 Å². The van der Waals surface area contributed by atoms with Gasteiger partial charge in [-0.2, -0.15) is 4.68 Å². The lowest BCUT2D eigenvalue weighted by Gasteiger charge is -2.09. The monoisotopic (exact) mass is 414 g/mol. The van der Waals surface area contributed by atoms with Gasteiger partial charge in [-0.15, -0.1) is 5.10 Å². The molecular formula is C22H22N8O. The minimum absolute atomic E-state index is 0.0306. The van der Waals surface area contributed by atoms with Gasteiger partial charge in [0, 0.05) is 30.3 Å². The largest absolute Gasteiger partial charge is 0.369 e. The fraction of sp³-hybridized carbons (Fsp3) is 0.318. The molecule has 1 aliphatic carbocycles. The van der Waals surface area contributed by atoms with Gasteiger partial charge in [-0.25, -0.2) is 19.9 Å². The summed E-state index contributed by atoms with van der Waals surface area (Å²) in [4.78, 5) is 29.3. The molecule has 9 heteroatoms. The van der Waals surface area contributed by atoms with Gasteiger partial charge in [0.05, 0.1) is 11.9 Å². The van der Waals surface area contributed by atoms with Gasteiger partial charge < -0.3 is 5.73 Å². The number of nitrogens with two attached hydrogens (primary N) is 1. The van der Waals surface area contributed by atoms with Crippen LogP contribution in [0.3, 0.4) is 0 Å². The molecule has 4 aromatic rings. The molecule has 1 fully saturated rings. The lowest BCUT2D eigenvalue weighted by Crippen LogP contribution is -2.21. The van der Waals surface area contributed by atoms with E-state index in [1.807, 2.05) is 31.2 Å². The Kier molecular flexibility index (Phi) is 4.85. The van der Waals surface area contributed by atoms with E-state index in [9.17, 15) is 4.79 Å². The summed E-state index contributed by atoms with van der Waals surface area (Å²) in [7, 11) is 0. The molecule has 1 aliphatic rings. The fourth-order valence-corrected chi connectivity index (χ4v) is 4.11. The molecule has 2 N–H and O–H groups in total. The van der Waals surface area contributed by atoms with Gasteiger partial charge in [-0.05, 0) is 61.9 Å². The average Bonchev–Trinajstić information content (AvgIpc) is 3.42. The zero-order valence-corrected chi connectivity index (χ0v) is 17.1. The van der Waals surface area contributed by atoms with Crippen LogP contribution in [0.5, 0.6) is 0 Å². The van der Waals surface area contributed by atoms with Gasteiger partial charge >= 0.3 is 0 Å². The molecule has 0 unspecified atom stereocenters. The first kappa shape index (κ1) is 19.2. The molecule has 1 saturated carbocycles. The minimum Gasteiger partial charge on any atom is -0.369 e. The fourth-order valence-electron chi connectivity index (χ4n) is 4.11. The lowest BCUT2D eigenvalue weighted by atomic mass is 10.0. The Morgan fingerprint density at radius 2 is 1.87 bits per heavy atom. The second kappa shape index (κ2) is 7.82. The highest BCUT2D eigenvalue weighted by Gasteiger charge is 2.29. The first-order chi connectivity index (χ1) is 15.1. The van der Waals surface area contributed by atoms with Crippen molar-refractivity contribution in [3.63, 3.8) is 0 Å². The number of carbonyl (C=O) groups is 1. The second-order valence-electron chi connectivity index (χ2n) is 8.11. The Labute approximate surface area is 178 Å². The normalized spacial score (nSPS) is 18.5. The number of rotatable bonds is 5. The summed E-state index contributed by atoms with van der Waals surface area (Å²) in [6, 6.07) is 7.81. The number of primary amides is 1. The van der Waals surface area contributed by atoms with E-state index < -0.39 is 0 Å². The molecule has 0 radical (unpaired) electrons. The summed E-state index contributed by atoms with van der Waals surface area (Å²) in [6.45, 7) is 1.96. The van der Waals surface area contributed by atoms with Crippen molar-refractivity contribution in [3.05, 3.63) is 54.2 Å². The summed E-state index contributed by atoms with van der Waals surface area (Å²) >= 11 is 0. The predicted octanol–water partition coefficient (Wildman–Crippen LogP) is 2.42. The number of aromatic nitrogens is 7. The van der Waals surface area contributed by atoms with Gasteiger partial charge in [-0.3, -0.25) is 4.79 Å². The molecule has 31 heavy (non-hydrogen) atoms. The number of nitrogens with zero attached hydrogens (tertiary/aromatic N) is 7. The molecule has 156 valence electrons. The Hall–Kier alpha value is -3.75. The van der Waals surface area contributed by atoms with E-state index >= 15 is 0 Å². The van der Waals surface area contributed by atoms with Crippen molar-refractivity contribution >= 4 is 17.1 Å². The van der Waals surface area contributed by atoms with Crippen LogP contribution in [0, 0.1) is 18.8 Å². The maximum Gasteiger partial charge on any atom is 0.220 e. The smallest absolute Gasteiger partial charge is 0.220 e. The molecule has 1 aromatic carbocycles. The van der Waals surface area contributed by atoms with Crippen LogP contribution in [-0.2, 0) is 11.2 Å². The quantitative estimate of drug-likeness (QED) is 0.531. The topological polar surface area (TPSA) is 125 Å². The molecule has 0 aliphatic heterocycles. The number of amides is 1. The number of benzene rings is 1. The summed E-state index contributed by atoms with van der Waals surface area (Å²) in [5.41, 5.74) is 9.54. The highest BCUT2D eigenvalue weighted by atomic mass is 16.1. The van der Waals surface area contributed by atoms with E-state index in [-0.39, 0.29) is 11.8 Å². The van der Waals surface area contributed by atoms with Crippen LogP contribution in [0.4, 0.5) is 0 Å². The Morgan fingerprint density at radius 3 is 2.58 bits per heavy atom. The van der Waals surface area contributed by atoms with Crippen LogP contribution in [0.1, 0.15) is 30.7 Å². The lowest BCUT2D eigenvalue weighted by molar-refractivity contribution is -0.121. The first-order valence-electron chi connectivity index (χ1n) is 10.3. The van der Waals surface area contributed by atoms with Crippen LogP contribution < -0.4 is 5.73 Å². The zero-order chi connectivity index (χ0) is 21.4. The van der Waals surface area contributed by atoms with Gasteiger partial charge in [0.15, 0.2) is 17.0 Å². The molecule has 0 bridgehead atoms. The number of fused-ring (bicyclic) bond motifs is 1. The Bertz CT molecular complexity index is 1230. The van der Waals surface area contributed by atoms with Crippen LogP contribution in [0.15, 0.2) is 42.9 Å². The zero-order valence-electron chi connectivity index (χ0n) is 17.1. The summed E-state index contributed by atoms with van der Waals surface area (Å²) in [5, 5.41) is 8.46. The van der Waals surface area contributed by atoms with E-state index in [4.69, 9.17) is 10.7 Å². The average molecular weight is 414 g/mol. The van der Waals surface area contributed by atoms with Crippen molar-refractivity contribution in [2.75, 3.05) is 0 Å². The third-order valence-corrected chi connectivity index (χ3v) is 5.81. The molecule has 2 atom stereocenters. The molecule has 0 spiro atoms. The Balaban J connectivity index is 1.39. The van der Waals surface area contributed by atoms with Gasteiger partial charge in [-0.1, -0.05) is 5.21 Å². The number of hydrogen-bond donors (Lipinski definition) is 1. The standard InChI is InChI=1S/C22H22N8O/c1-13-10-25-21(26-11-13)15-4-6-17(7-5-15)30-22-18(28-29-30)12-24-19(27-22)9-14-2-3-16(8-14)20(23)31/h4-7,10-12,14,16H,2-3,8-9H2,1H3,(H2,23,31)/t14-,16-/m1/s1. The molecule has 9 nitrogen and oxygen atoms in total. The van der Waals surface area contributed by atoms with Crippen molar-refractivity contribution in [2.45, 2.75) is 32.6 Å². The highest BCUT2D eigenvalue weighted by Crippen LogP contribution is 2.32. The number of carbonyl (C=O) groups excluding carboxylic acids is 1. The van der Waals surface area contributed by atoms with Crippen molar-refractivity contribution in [1.29, 1.82) is 0 Å². The van der Waals surface area contributed by atoms with E-state index in [2.05, 4.69) is 25.3 Å². The van der Waals surface area contributed by atoms with Crippen LogP contribution >= 0.6 is 0 Å². The van der Waals surface area contributed by atoms with Crippen LogP contribution in [-0.4, -0.2) is 40.8 Å². The van der Waals surface area contributed by atoms with E-state index in [0.717, 1.165) is 41.9 Å². The molecular weight excluding hydrogens is 392 g/mol. The van der Waals surface area contributed by atoms with Crippen LogP contribution in [0.25, 0.3) is 28.2 Å². The summed E-state index contributed by atoms with van der Waals surface area (Å²) in [5.74, 6) is 1.54. The molecule has 1 amide bonds. The van der Waals surface area contributed by atoms with Crippen LogP contribution in [0.2, 0.25) is 0 Å². The summed E-state index contributed by atoms with van der Waals surface area (Å²) < 4.78 is 1.71. The maximum absolute atomic E-state index is 11.4. The molecule has 5 rings (SSSR count). The highest BCUT2D eigenvalue weighted by molar-refractivity contribution is 5.77. The van der Waals surface area contributed by atoms with E-state index in [0.29, 0.717) is 29.3 Å². The first-order valence-corrected chi connectivity index (χ1v) is 10.3. The van der Waals surface area contributed by atoms with Crippen molar-refractivity contribution < 1.29 is 4.79 Å². The number of aryl methyl sites for hydroxylation is 1. The van der Waals surface area contributed by atoms with Gasteiger partial charge in [0.2, 0.25) is 5.91 Å². The van der Waals surface area contributed by atoms with Gasteiger partial charge in [0.25, 0.3) is 0 Å². The third-order valence-electron chi connectivity index (χ3n) is 5.81. The van der Waals surface area contributed by atoms with E-state index in [1.54, 1.807) is 23.3 Å². The van der Waals surface area contributed by atoms with E-state index in [1.165, 1.54) is 0 Å². The van der Waals surface area contributed by atoms with Crippen molar-refractivity contribution in [1.82, 2.24) is 34.9 Å². The number of hydrogen-bond acceptors (Lipinski definition) is 7. The molecule has 3 heterocycles. The second-order valence-corrected chi connectivity index (χ2v) is 8.11. The van der Waals surface area contributed by atoms with Crippen molar-refractivity contribution in [3.8, 4) is 17.1 Å². The van der Waals surface area contributed by atoms with Crippen molar-refractivity contribution in [2.24, 2.45) is 17.6 Å². The summed E-state index contributed by atoms with van der Waals surface area (Å²) in [6.07, 6.45) is 8.64.